The van der Waals surface area contributed by atoms with Crippen LogP contribution in [0.3, 0.4) is 0 Å². The highest BCUT2D eigenvalue weighted by Gasteiger charge is 2.63. The van der Waals surface area contributed by atoms with E-state index in [0.717, 1.165) is 44.3 Å². The van der Waals surface area contributed by atoms with Crippen LogP contribution in [0, 0.1) is 17.3 Å². The van der Waals surface area contributed by atoms with Crippen LogP contribution in [0.5, 0.6) is 5.75 Å². The Labute approximate surface area is 183 Å². The van der Waals surface area contributed by atoms with Crippen LogP contribution < -0.4 is 4.74 Å². The molecule has 3 heteroatoms. The summed E-state index contributed by atoms with van der Waals surface area (Å²) in [7, 11) is 1.74. The zero-order chi connectivity index (χ0) is 21.4. The van der Waals surface area contributed by atoms with Crippen LogP contribution in [0.2, 0.25) is 0 Å². The van der Waals surface area contributed by atoms with E-state index in [0.29, 0.717) is 17.8 Å². The number of aryl methyl sites for hydroxylation is 1. The molecule has 0 amide bonds. The lowest BCUT2D eigenvalue weighted by Gasteiger charge is -2.50. The Kier molecular flexibility index (Phi) is 6.51. The summed E-state index contributed by atoms with van der Waals surface area (Å²) in [6.45, 7) is 4.51. The fraction of sp³-hybridized carbons (Fsp3) is 0.778. The number of aliphatic hydroxyl groups is 2. The third-order valence-electron chi connectivity index (χ3n) is 9.04. The molecule has 0 spiro atoms. The second-order valence-electron chi connectivity index (χ2n) is 10.8. The number of ether oxygens (including phenoxy) is 1. The first-order chi connectivity index (χ1) is 14.4. The molecular formula is C27H42O3. The molecule has 1 aromatic rings. The first-order valence-corrected chi connectivity index (χ1v) is 12.5. The summed E-state index contributed by atoms with van der Waals surface area (Å²) < 4.78 is 5.45. The number of unbranched alkanes of at least 4 members (excludes halogenated alkanes) is 5. The third-order valence-corrected chi connectivity index (χ3v) is 9.04. The molecule has 4 rings (SSSR count). The predicted molar refractivity (Wildman–Crippen MR) is 122 cm³/mol. The minimum absolute atomic E-state index is 0.137. The van der Waals surface area contributed by atoms with Crippen LogP contribution in [-0.2, 0) is 6.42 Å². The van der Waals surface area contributed by atoms with E-state index in [1.807, 2.05) is 0 Å². The Morgan fingerprint density at radius 1 is 1.10 bits per heavy atom. The van der Waals surface area contributed by atoms with Crippen molar-refractivity contribution < 1.29 is 14.9 Å². The van der Waals surface area contributed by atoms with Crippen molar-refractivity contribution in [3.8, 4) is 5.75 Å². The topological polar surface area (TPSA) is 49.7 Å². The lowest BCUT2D eigenvalue weighted by atomic mass is 9.55. The molecule has 1 aromatic carbocycles. The molecule has 3 aliphatic carbocycles. The van der Waals surface area contributed by atoms with Crippen LogP contribution >= 0.6 is 0 Å². The third kappa shape index (κ3) is 3.81. The molecule has 0 radical (unpaired) electrons. The number of benzene rings is 1. The molecule has 0 bridgehead atoms. The van der Waals surface area contributed by atoms with Crippen molar-refractivity contribution in [2.24, 2.45) is 17.3 Å². The average molecular weight is 415 g/mol. The fourth-order valence-corrected chi connectivity index (χ4v) is 7.31. The van der Waals surface area contributed by atoms with Gasteiger partial charge < -0.3 is 14.9 Å². The van der Waals surface area contributed by atoms with Crippen molar-refractivity contribution in [2.45, 2.75) is 109 Å². The van der Waals surface area contributed by atoms with Gasteiger partial charge in [0.2, 0.25) is 0 Å². The summed E-state index contributed by atoms with van der Waals surface area (Å²) >= 11 is 0. The quantitative estimate of drug-likeness (QED) is 0.513. The summed E-state index contributed by atoms with van der Waals surface area (Å²) in [5, 5.41) is 22.9. The van der Waals surface area contributed by atoms with Crippen molar-refractivity contribution in [2.75, 3.05) is 7.11 Å². The van der Waals surface area contributed by atoms with Crippen LogP contribution in [0.25, 0.3) is 0 Å². The van der Waals surface area contributed by atoms with Gasteiger partial charge in [-0.1, -0.05) is 58.4 Å². The minimum atomic E-state index is -0.890. The Hall–Kier alpha value is -1.06. The molecule has 6 atom stereocenters. The Balaban J connectivity index is 1.47. The average Bonchev–Trinajstić information content (AvgIpc) is 2.96. The van der Waals surface area contributed by atoms with E-state index in [9.17, 15) is 10.2 Å². The summed E-state index contributed by atoms with van der Waals surface area (Å²) in [6, 6.07) is 6.60. The van der Waals surface area contributed by atoms with E-state index in [-0.39, 0.29) is 5.41 Å². The van der Waals surface area contributed by atoms with Gasteiger partial charge in [-0.05, 0) is 85.0 Å². The molecular weight excluding hydrogens is 372 g/mol. The van der Waals surface area contributed by atoms with Gasteiger partial charge in [0.05, 0.1) is 18.8 Å². The molecule has 168 valence electrons. The predicted octanol–water partition coefficient (Wildman–Crippen LogP) is 6.00. The van der Waals surface area contributed by atoms with Gasteiger partial charge in [0.1, 0.15) is 5.75 Å². The highest BCUT2D eigenvalue weighted by Crippen LogP contribution is 2.63. The first-order valence-electron chi connectivity index (χ1n) is 12.5. The molecule has 2 fully saturated rings. The van der Waals surface area contributed by atoms with Crippen LogP contribution in [0.1, 0.15) is 102 Å². The zero-order valence-electron chi connectivity index (χ0n) is 19.3. The zero-order valence-corrected chi connectivity index (χ0v) is 19.3. The standard InChI is InChI=1S/C27H42O3/c1-4-5-6-7-8-9-15-27(29)18-24-23-12-10-19-17-20(30-3)11-13-21(19)22(23)14-16-26(24,2)25(27)28/h11,13,17,22-25,28-29H,4-10,12,14-16,18H2,1-3H3/t22-,23+,24+,25-,26-,27-/m0/s1. The lowest BCUT2D eigenvalue weighted by Crippen LogP contribution is -2.47. The van der Waals surface area contributed by atoms with Gasteiger partial charge in [-0.2, -0.15) is 0 Å². The van der Waals surface area contributed by atoms with Crippen LogP contribution in [0.15, 0.2) is 18.2 Å². The number of methoxy groups -OCH3 is 1. The molecule has 0 aromatic heterocycles. The lowest BCUT2D eigenvalue weighted by molar-refractivity contribution is -0.104. The molecule has 0 unspecified atom stereocenters. The Morgan fingerprint density at radius 2 is 1.87 bits per heavy atom. The highest BCUT2D eigenvalue weighted by atomic mass is 16.5. The normalized spacial score (nSPS) is 37.4. The summed E-state index contributed by atoms with van der Waals surface area (Å²) in [5.41, 5.74) is 1.91. The Morgan fingerprint density at radius 3 is 2.63 bits per heavy atom. The number of rotatable bonds is 8. The van der Waals surface area contributed by atoms with Crippen molar-refractivity contribution in [3.05, 3.63) is 29.3 Å². The van der Waals surface area contributed by atoms with Crippen LogP contribution in [-0.4, -0.2) is 29.0 Å². The summed E-state index contributed by atoms with van der Waals surface area (Å²) in [6.07, 6.45) is 12.7. The van der Waals surface area contributed by atoms with Gasteiger partial charge in [-0.15, -0.1) is 0 Å². The SMILES string of the molecule is CCCCCCCC[C@]1(O)C[C@@H]2[C@@H]3CCc4cc(OC)ccc4[C@@H]3CC[C@]2(C)[C@@H]1O. The molecule has 3 aliphatic rings. The Bertz CT molecular complexity index is 731. The van der Waals surface area contributed by atoms with Crippen molar-refractivity contribution in [3.63, 3.8) is 0 Å². The molecule has 30 heavy (non-hydrogen) atoms. The summed E-state index contributed by atoms with van der Waals surface area (Å²) in [4.78, 5) is 0. The van der Waals surface area contributed by atoms with E-state index < -0.39 is 11.7 Å². The van der Waals surface area contributed by atoms with Crippen molar-refractivity contribution in [1.82, 2.24) is 0 Å². The summed E-state index contributed by atoms with van der Waals surface area (Å²) in [5.74, 6) is 2.53. The molecule has 0 heterocycles. The van der Waals surface area contributed by atoms with Gasteiger partial charge in [-0.3, -0.25) is 0 Å². The molecule has 3 nitrogen and oxygen atoms in total. The maximum Gasteiger partial charge on any atom is 0.119 e. The van der Waals surface area contributed by atoms with E-state index >= 15 is 0 Å². The molecule has 2 saturated carbocycles. The van der Waals surface area contributed by atoms with Gasteiger partial charge >= 0.3 is 0 Å². The second kappa shape index (κ2) is 8.82. The largest absolute Gasteiger partial charge is 0.497 e. The number of fused-ring (bicyclic) bond motifs is 5. The van der Waals surface area contributed by atoms with E-state index in [2.05, 4.69) is 32.0 Å². The fourth-order valence-electron chi connectivity index (χ4n) is 7.31. The van der Waals surface area contributed by atoms with E-state index in [4.69, 9.17) is 4.74 Å². The smallest absolute Gasteiger partial charge is 0.119 e. The molecule has 0 aliphatic heterocycles. The van der Waals surface area contributed by atoms with Gasteiger partial charge in [0.15, 0.2) is 0 Å². The maximum atomic E-state index is 11.5. The van der Waals surface area contributed by atoms with E-state index in [1.54, 1.807) is 7.11 Å². The van der Waals surface area contributed by atoms with Gasteiger partial charge in [0.25, 0.3) is 0 Å². The second-order valence-corrected chi connectivity index (χ2v) is 10.8. The molecule has 2 N–H and O–H groups in total. The van der Waals surface area contributed by atoms with Crippen molar-refractivity contribution >= 4 is 0 Å². The minimum Gasteiger partial charge on any atom is -0.497 e. The number of hydrogen-bond donors (Lipinski definition) is 2. The maximum absolute atomic E-state index is 11.5. The van der Waals surface area contributed by atoms with Crippen LogP contribution in [0.4, 0.5) is 0 Å². The first kappa shape index (κ1) is 22.1. The van der Waals surface area contributed by atoms with E-state index in [1.165, 1.54) is 49.7 Å². The highest BCUT2D eigenvalue weighted by molar-refractivity contribution is 5.41. The number of aliphatic hydroxyl groups excluding tert-OH is 1. The number of hydrogen-bond acceptors (Lipinski definition) is 3. The monoisotopic (exact) mass is 414 g/mol. The van der Waals surface area contributed by atoms with Gasteiger partial charge in [0, 0.05) is 0 Å². The van der Waals surface area contributed by atoms with Gasteiger partial charge in [-0.25, -0.2) is 0 Å². The van der Waals surface area contributed by atoms with Crippen molar-refractivity contribution in [1.29, 1.82) is 0 Å². The molecule has 0 saturated heterocycles.